The Morgan fingerprint density at radius 2 is 2.10 bits per heavy atom. The van der Waals surface area contributed by atoms with Crippen molar-refractivity contribution in [3.05, 3.63) is 24.3 Å². The van der Waals surface area contributed by atoms with Crippen molar-refractivity contribution >= 4 is 23.3 Å². The second-order valence-electron chi connectivity index (χ2n) is 5.55. The number of nitrogens with zero attached hydrogens (tertiary/aromatic N) is 1. The van der Waals surface area contributed by atoms with Crippen molar-refractivity contribution in [3.8, 4) is 0 Å². The van der Waals surface area contributed by atoms with Gasteiger partial charge in [0.1, 0.15) is 0 Å². The molecule has 0 radical (unpaired) electrons. The van der Waals surface area contributed by atoms with Crippen LogP contribution in [0.4, 0.5) is 16.2 Å². The van der Waals surface area contributed by atoms with E-state index in [9.17, 15) is 9.59 Å². The van der Waals surface area contributed by atoms with Gasteiger partial charge in [0.05, 0.1) is 5.54 Å². The molecule has 3 amide bonds. The second kappa shape index (κ2) is 6.13. The maximum atomic E-state index is 12.1. The van der Waals surface area contributed by atoms with Gasteiger partial charge < -0.3 is 16.4 Å². The Morgan fingerprint density at radius 3 is 2.62 bits per heavy atom. The van der Waals surface area contributed by atoms with E-state index in [2.05, 4.69) is 10.6 Å². The molecule has 1 saturated heterocycles. The molecule has 6 heteroatoms. The Hall–Kier alpha value is -2.08. The average Bonchev–Trinajstić information content (AvgIpc) is 2.86. The molecule has 1 atom stereocenters. The Labute approximate surface area is 124 Å². The zero-order valence-corrected chi connectivity index (χ0v) is 12.5. The van der Waals surface area contributed by atoms with Gasteiger partial charge in [-0.3, -0.25) is 9.69 Å². The molecule has 1 aromatic carbocycles. The van der Waals surface area contributed by atoms with E-state index in [0.717, 1.165) is 12.1 Å². The molecule has 1 unspecified atom stereocenters. The lowest BCUT2D eigenvalue weighted by Gasteiger charge is -2.23. The first-order chi connectivity index (χ1) is 9.94. The molecule has 1 heterocycles. The van der Waals surface area contributed by atoms with Crippen LogP contribution in [0.3, 0.4) is 0 Å². The van der Waals surface area contributed by atoms with E-state index in [-0.39, 0.29) is 11.9 Å². The van der Waals surface area contributed by atoms with Gasteiger partial charge in [-0.25, -0.2) is 4.79 Å². The Balaban J connectivity index is 2.02. The van der Waals surface area contributed by atoms with Crippen LogP contribution in [-0.2, 0) is 4.79 Å². The highest BCUT2D eigenvalue weighted by Gasteiger charge is 2.27. The summed E-state index contributed by atoms with van der Waals surface area (Å²) in [7, 11) is 0. The third-order valence-electron chi connectivity index (χ3n) is 3.58. The minimum atomic E-state index is -0.873. The standard InChI is InChI=1S/C15H22N4O2/c1-3-8-15(2,16)13(20)18-11-4-6-12(7-5-11)19-10-9-17-14(19)21/h4-7H,3,8-10,16H2,1-2H3,(H,17,21)(H,18,20). The fraction of sp³-hybridized carbons (Fsp3) is 0.467. The number of benzene rings is 1. The molecule has 0 spiro atoms. The lowest BCUT2D eigenvalue weighted by molar-refractivity contribution is -0.120. The lowest BCUT2D eigenvalue weighted by atomic mass is 9.96. The summed E-state index contributed by atoms with van der Waals surface area (Å²) in [5, 5.41) is 5.56. The van der Waals surface area contributed by atoms with Gasteiger partial charge in [0, 0.05) is 24.5 Å². The smallest absolute Gasteiger partial charge is 0.321 e. The Morgan fingerprint density at radius 1 is 1.43 bits per heavy atom. The number of rotatable bonds is 5. The predicted molar refractivity (Wildman–Crippen MR) is 83.3 cm³/mol. The van der Waals surface area contributed by atoms with Gasteiger partial charge in [-0.05, 0) is 37.6 Å². The average molecular weight is 290 g/mol. The van der Waals surface area contributed by atoms with E-state index in [0.29, 0.717) is 25.2 Å². The maximum Gasteiger partial charge on any atom is 0.321 e. The van der Waals surface area contributed by atoms with E-state index < -0.39 is 5.54 Å². The van der Waals surface area contributed by atoms with E-state index >= 15 is 0 Å². The molecular weight excluding hydrogens is 268 g/mol. The highest BCUT2D eigenvalue weighted by molar-refractivity contribution is 5.98. The van der Waals surface area contributed by atoms with Gasteiger partial charge in [-0.1, -0.05) is 13.3 Å². The summed E-state index contributed by atoms with van der Waals surface area (Å²) in [6.45, 7) is 5.03. The molecule has 0 aliphatic carbocycles. The van der Waals surface area contributed by atoms with Crippen molar-refractivity contribution in [3.63, 3.8) is 0 Å². The predicted octanol–water partition coefficient (Wildman–Crippen LogP) is 1.67. The van der Waals surface area contributed by atoms with Gasteiger partial charge >= 0.3 is 6.03 Å². The van der Waals surface area contributed by atoms with Gasteiger partial charge in [-0.15, -0.1) is 0 Å². The molecule has 1 aliphatic heterocycles. The van der Waals surface area contributed by atoms with Crippen LogP contribution in [0.15, 0.2) is 24.3 Å². The number of hydrogen-bond donors (Lipinski definition) is 3. The topological polar surface area (TPSA) is 87.5 Å². The molecule has 0 bridgehead atoms. The molecule has 1 aliphatic rings. The first-order valence-corrected chi connectivity index (χ1v) is 7.20. The van der Waals surface area contributed by atoms with Crippen LogP contribution >= 0.6 is 0 Å². The number of nitrogens with one attached hydrogen (secondary N) is 2. The fourth-order valence-corrected chi connectivity index (χ4v) is 2.35. The van der Waals surface area contributed by atoms with E-state index in [1.54, 1.807) is 24.0 Å². The monoisotopic (exact) mass is 290 g/mol. The van der Waals surface area contributed by atoms with Gasteiger partial charge in [-0.2, -0.15) is 0 Å². The summed E-state index contributed by atoms with van der Waals surface area (Å²) in [5.74, 6) is -0.198. The van der Waals surface area contributed by atoms with Crippen LogP contribution in [0.5, 0.6) is 0 Å². The number of amides is 3. The summed E-state index contributed by atoms with van der Waals surface area (Å²) in [6, 6.07) is 7.09. The maximum absolute atomic E-state index is 12.1. The third-order valence-corrected chi connectivity index (χ3v) is 3.58. The molecule has 0 aromatic heterocycles. The summed E-state index contributed by atoms with van der Waals surface area (Å²) in [5.41, 5.74) is 6.61. The highest BCUT2D eigenvalue weighted by atomic mass is 16.2. The van der Waals surface area contributed by atoms with Crippen LogP contribution in [-0.4, -0.2) is 30.6 Å². The van der Waals surface area contributed by atoms with Crippen molar-refractivity contribution in [1.29, 1.82) is 0 Å². The number of hydrogen-bond acceptors (Lipinski definition) is 3. The van der Waals surface area contributed by atoms with Gasteiger partial charge in [0.2, 0.25) is 5.91 Å². The van der Waals surface area contributed by atoms with Crippen LogP contribution in [0, 0.1) is 0 Å². The summed E-state index contributed by atoms with van der Waals surface area (Å²) >= 11 is 0. The van der Waals surface area contributed by atoms with Crippen molar-refractivity contribution in [2.75, 3.05) is 23.3 Å². The minimum Gasteiger partial charge on any atom is -0.336 e. The van der Waals surface area contributed by atoms with Gasteiger partial charge in [0.15, 0.2) is 0 Å². The Kier molecular flexibility index (Phi) is 4.47. The molecule has 4 N–H and O–H groups in total. The molecule has 1 aromatic rings. The Bertz CT molecular complexity index is 525. The second-order valence-corrected chi connectivity index (χ2v) is 5.55. The number of carbonyl (C=O) groups excluding carboxylic acids is 2. The molecule has 1 fully saturated rings. The summed E-state index contributed by atoms with van der Waals surface area (Å²) in [6.07, 6.45) is 1.48. The summed E-state index contributed by atoms with van der Waals surface area (Å²) in [4.78, 5) is 25.3. The van der Waals surface area contributed by atoms with E-state index in [4.69, 9.17) is 5.73 Å². The van der Waals surface area contributed by atoms with Crippen molar-refractivity contribution in [2.45, 2.75) is 32.2 Å². The number of carbonyl (C=O) groups is 2. The quantitative estimate of drug-likeness (QED) is 0.771. The highest BCUT2D eigenvalue weighted by Crippen LogP contribution is 2.20. The molecular formula is C15H22N4O2. The van der Waals surface area contributed by atoms with Crippen LogP contribution in [0.1, 0.15) is 26.7 Å². The zero-order valence-electron chi connectivity index (χ0n) is 12.5. The van der Waals surface area contributed by atoms with E-state index in [1.807, 2.05) is 19.1 Å². The van der Waals surface area contributed by atoms with E-state index in [1.165, 1.54) is 0 Å². The minimum absolute atomic E-state index is 0.0933. The first-order valence-electron chi connectivity index (χ1n) is 7.20. The SMILES string of the molecule is CCCC(C)(N)C(=O)Nc1ccc(N2CCNC2=O)cc1. The van der Waals surface area contributed by atoms with Crippen LogP contribution in [0.2, 0.25) is 0 Å². The van der Waals surface area contributed by atoms with Crippen molar-refractivity contribution in [2.24, 2.45) is 5.73 Å². The van der Waals surface area contributed by atoms with Crippen molar-refractivity contribution in [1.82, 2.24) is 5.32 Å². The molecule has 21 heavy (non-hydrogen) atoms. The number of urea groups is 1. The number of anilines is 2. The normalized spacial score (nSPS) is 17.3. The van der Waals surface area contributed by atoms with Crippen LogP contribution < -0.4 is 21.3 Å². The molecule has 114 valence electrons. The van der Waals surface area contributed by atoms with Gasteiger partial charge in [0.25, 0.3) is 0 Å². The fourth-order valence-electron chi connectivity index (χ4n) is 2.35. The summed E-state index contributed by atoms with van der Waals surface area (Å²) < 4.78 is 0. The zero-order chi connectivity index (χ0) is 15.5. The molecule has 0 saturated carbocycles. The van der Waals surface area contributed by atoms with Crippen LogP contribution in [0.25, 0.3) is 0 Å². The first kappa shape index (κ1) is 15.3. The third kappa shape index (κ3) is 3.52. The molecule has 2 rings (SSSR count). The lowest BCUT2D eigenvalue weighted by Crippen LogP contribution is -2.48. The van der Waals surface area contributed by atoms with Crippen molar-refractivity contribution < 1.29 is 9.59 Å². The molecule has 6 nitrogen and oxygen atoms in total. The largest absolute Gasteiger partial charge is 0.336 e. The number of nitrogens with two attached hydrogens (primary N) is 1.